The summed E-state index contributed by atoms with van der Waals surface area (Å²) in [6.07, 6.45) is 1.61. The predicted octanol–water partition coefficient (Wildman–Crippen LogP) is 0.0232. The van der Waals surface area contributed by atoms with Gasteiger partial charge < -0.3 is 26.5 Å². The van der Waals surface area contributed by atoms with Crippen LogP contribution in [-0.4, -0.2) is 52.9 Å². The minimum Gasteiger partial charge on any atom is -0.481 e. The second-order valence-electron chi connectivity index (χ2n) is 2.96. The minimum absolute atomic E-state index is 0.193. The Balaban J connectivity index is -0.000000119. The summed E-state index contributed by atoms with van der Waals surface area (Å²) in [4.78, 5) is 38.3. The third-order valence-electron chi connectivity index (χ3n) is 0.802. The van der Waals surface area contributed by atoms with Crippen LogP contribution in [0.25, 0.3) is 0 Å². The van der Waals surface area contributed by atoms with Gasteiger partial charge in [0.1, 0.15) is 6.29 Å². The molecule has 0 bridgehead atoms. The van der Waals surface area contributed by atoms with Crippen LogP contribution in [0.3, 0.4) is 0 Å². The molecule has 0 aliphatic rings. The molecule has 0 heterocycles. The second kappa shape index (κ2) is 27.1. The molecule has 0 rings (SSSR count). The van der Waals surface area contributed by atoms with Gasteiger partial charge in [0.2, 0.25) is 11.8 Å². The maximum absolute atomic E-state index is 10.0. The van der Waals surface area contributed by atoms with Gasteiger partial charge >= 0.3 is 5.97 Å². The van der Waals surface area contributed by atoms with Crippen LogP contribution >= 0.6 is 21.6 Å². The van der Waals surface area contributed by atoms with Gasteiger partial charge in [0.25, 0.3) is 0 Å². The van der Waals surface area contributed by atoms with E-state index in [1.807, 2.05) is 0 Å². The number of aliphatic hydroxyl groups excluding tert-OH is 1. The maximum Gasteiger partial charge on any atom is 0.304 e. The number of aliphatic carboxylic acids is 1. The monoisotopic (exact) mass is 344 g/mol. The number of nitrogens with two attached hydrogens (primary N) is 2. The smallest absolute Gasteiger partial charge is 0.304 e. The number of aldehydes is 1. The highest BCUT2D eigenvalue weighted by Crippen LogP contribution is 2.21. The average Bonchev–Trinajstić information content (AvgIpc) is 2.34. The molecule has 8 nitrogen and oxygen atoms in total. The second-order valence-corrected chi connectivity index (χ2v) is 5.67. The largest absolute Gasteiger partial charge is 0.481 e. The Morgan fingerprint density at radius 1 is 1.00 bits per heavy atom. The van der Waals surface area contributed by atoms with E-state index in [1.165, 1.54) is 24.6 Å². The van der Waals surface area contributed by atoms with Crippen molar-refractivity contribution in [1.29, 1.82) is 0 Å². The van der Waals surface area contributed by atoms with Crippen LogP contribution in [0.5, 0.6) is 0 Å². The van der Waals surface area contributed by atoms with E-state index in [2.05, 4.69) is 11.5 Å². The van der Waals surface area contributed by atoms with Gasteiger partial charge in [-0.25, -0.2) is 0 Å². The highest BCUT2D eigenvalue weighted by atomic mass is 33.1. The van der Waals surface area contributed by atoms with Gasteiger partial charge in [-0.15, -0.1) is 0 Å². The van der Waals surface area contributed by atoms with Crippen molar-refractivity contribution in [2.24, 2.45) is 11.5 Å². The van der Waals surface area contributed by atoms with Gasteiger partial charge in [-0.1, -0.05) is 21.6 Å². The van der Waals surface area contributed by atoms with Gasteiger partial charge in [-0.05, 0) is 0 Å². The van der Waals surface area contributed by atoms with Gasteiger partial charge in [0.15, 0.2) is 0 Å². The number of amides is 2. The molecule has 10 heteroatoms. The van der Waals surface area contributed by atoms with E-state index < -0.39 is 5.97 Å². The molecule has 0 aromatic rings. The van der Waals surface area contributed by atoms with Gasteiger partial charge in [-0.3, -0.25) is 14.4 Å². The van der Waals surface area contributed by atoms with E-state index in [0.717, 1.165) is 19.1 Å². The quantitative estimate of drug-likeness (QED) is 0.285. The first-order valence-electron chi connectivity index (χ1n) is 5.60. The Labute approximate surface area is 132 Å². The number of hydrogen-bond acceptors (Lipinski definition) is 7. The summed E-state index contributed by atoms with van der Waals surface area (Å²) < 4.78 is 0. The molecule has 6 N–H and O–H groups in total. The number of carbonyl (C=O) groups excluding carboxylic acids is 3. The molecule has 0 aromatic carbocycles. The number of rotatable bonds is 7. The molecule has 0 aromatic heterocycles. The van der Waals surface area contributed by atoms with Crippen molar-refractivity contribution in [3.8, 4) is 0 Å². The van der Waals surface area contributed by atoms with Crippen LogP contribution in [0, 0.1) is 0 Å². The molecular weight excluding hydrogens is 320 g/mol. The highest BCUT2D eigenvalue weighted by molar-refractivity contribution is 8.76. The Morgan fingerprint density at radius 2 is 1.33 bits per heavy atom. The van der Waals surface area contributed by atoms with Crippen LogP contribution in [-0.2, 0) is 19.2 Å². The van der Waals surface area contributed by atoms with Crippen LogP contribution in [0.1, 0.15) is 26.7 Å². The van der Waals surface area contributed by atoms with E-state index in [4.69, 9.17) is 10.2 Å². The van der Waals surface area contributed by atoms with E-state index in [9.17, 15) is 19.2 Å². The molecule has 0 saturated heterocycles. The van der Waals surface area contributed by atoms with Crippen molar-refractivity contribution >= 4 is 45.7 Å². The number of carboxylic acid groups (broad SMARTS) is 1. The van der Waals surface area contributed by atoms with E-state index >= 15 is 0 Å². The number of hydrogen-bond donors (Lipinski definition) is 4. The third kappa shape index (κ3) is 116. The Morgan fingerprint density at radius 3 is 1.62 bits per heavy atom. The summed E-state index contributed by atoms with van der Waals surface area (Å²) >= 11 is 0. The molecule has 0 radical (unpaired) electrons. The van der Waals surface area contributed by atoms with Gasteiger partial charge in [0.05, 0.1) is 6.42 Å². The molecule has 2 amide bonds. The lowest BCUT2D eigenvalue weighted by molar-refractivity contribution is -0.136. The molecule has 0 aliphatic heterocycles. The number of carboxylic acids is 1. The predicted molar refractivity (Wildman–Crippen MR) is 85.7 cm³/mol. The van der Waals surface area contributed by atoms with E-state index in [1.54, 1.807) is 10.8 Å². The standard InChI is InChI=1S/C6H10O3S2.2C2H5NO.CH4O/c7-3-1-4-10-11-5-2-6(8)9;2*1-2(3)4;1-2/h3H,1-2,4-5H2,(H,8,9);2*1H3,(H2,3,4);2H,1H3. The number of aliphatic hydroxyl groups is 1. The van der Waals surface area contributed by atoms with Crippen molar-refractivity contribution in [3.63, 3.8) is 0 Å². The van der Waals surface area contributed by atoms with Crippen molar-refractivity contribution < 1.29 is 29.4 Å². The first kappa shape index (κ1) is 28.0. The average molecular weight is 344 g/mol. The molecule has 0 unspecified atom stereocenters. The first-order valence-corrected chi connectivity index (χ1v) is 8.09. The van der Waals surface area contributed by atoms with E-state index in [-0.39, 0.29) is 18.2 Å². The lowest BCUT2D eigenvalue weighted by Crippen LogP contribution is -2.01. The summed E-state index contributed by atoms with van der Waals surface area (Å²) in [5.74, 6) is -0.0550. The van der Waals surface area contributed by atoms with Crippen molar-refractivity contribution in [3.05, 3.63) is 0 Å². The molecule has 0 saturated carbocycles. The lowest BCUT2D eigenvalue weighted by atomic mass is 10.5. The maximum atomic E-state index is 10.0. The van der Waals surface area contributed by atoms with Crippen molar-refractivity contribution in [1.82, 2.24) is 0 Å². The zero-order valence-electron chi connectivity index (χ0n) is 12.4. The fraction of sp³-hybridized carbons (Fsp3) is 0.636. The highest BCUT2D eigenvalue weighted by Gasteiger charge is 1.96. The number of carbonyl (C=O) groups is 4. The van der Waals surface area contributed by atoms with Crippen molar-refractivity contribution in [2.45, 2.75) is 26.7 Å². The summed E-state index contributed by atoms with van der Waals surface area (Å²) in [7, 11) is 4.04. The lowest BCUT2D eigenvalue weighted by Gasteiger charge is -1.94. The summed E-state index contributed by atoms with van der Waals surface area (Å²) in [6.45, 7) is 2.61. The molecule has 0 aliphatic carbocycles. The molecule has 0 spiro atoms. The van der Waals surface area contributed by atoms with E-state index in [0.29, 0.717) is 12.2 Å². The number of primary amides is 2. The zero-order valence-corrected chi connectivity index (χ0v) is 14.0. The molecule has 126 valence electrons. The Bertz CT molecular complexity index is 257. The van der Waals surface area contributed by atoms with Gasteiger partial charge in [0, 0.05) is 38.9 Å². The first-order chi connectivity index (χ1) is 9.73. The third-order valence-corrected chi connectivity index (χ3v) is 3.24. The van der Waals surface area contributed by atoms with Crippen LogP contribution in [0.4, 0.5) is 0 Å². The normalized spacial score (nSPS) is 7.62. The fourth-order valence-electron chi connectivity index (χ4n) is 0.343. The zero-order chi connectivity index (χ0) is 17.7. The Hall–Kier alpha value is -1.26. The SMILES string of the molecule is CC(N)=O.CC(N)=O.CO.O=CCCSSCCC(=O)O. The molecule has 0 atom stereocenters. The molecule has 21 heavy (non-hydrogen) atoms. The Kier molecular flexibility index (Phi) is 36.2. The van der Waals surface area contributed by atoms with Crippen LogP contribution < -0.4 is 11.5 Å². The minimum atomic E-state index is -0.770. The van der Waals surface area contributed by atoms with Crippen LogP contribution in [0.15, 0.2) is 0 Å². The summed E-state index contributed by atoms with van der Waals surface area (Å²) in [6, 6.07) is 0. The topological polar surface area (TPSA) is 161 Å². The molecular formula is C11H24N2O6S2. The van der Waals surface area contributed by atoms with Crippen molar-refractivity contribution in [2.75, 3.05) is 18.6 Å². The fourth-order valence-corrected chi connectivity index (χ4v) is 2.27. The van der Waals surface area contributed by atoms with Crippen LogP contribution in [0.2, 0.25) is 0 Å². The molecule has 0 fully saturated rings. The van der Waals surface area contributed by atoms with Gasteiger partial charge in [-0.2, -0.15) is 0 Å². The summed E-state index contributed by atoms with van der Waals surface area (Å²) in [5.41, 5.74) is 8.94. The summed E-state index contributed by atoms with van der Waals surface area (Å²) in [5, 5.41) is 15.2.